The van der Waals surface area contributed by atoms with Crippen LogP contribution >= 0.6 is 0 Å². The molecule has 6 heteroatoms. The van der Waals surface area contributed by atoms with E-state index in [4.69, 9.17) is 4.98 Å². The molecule has 0 spiro atoms. The number of nitrogens with one attached hydrogen (secondary N) is 1. The maximum atomic E-state index is 13.8. The van der Waals surface area contributed by atoms with Crippen LogP contribution < -0.4 is 5.32 Å². The zero-order valence-electron chi connectivity index (χ0n) is 18.5. The Balaban J connectivity index is 1.89. The highest BCUT2D eigenvalue weighted by Gasteiger charge is 2.24. The molecule has 168 valence electrons. The lowest BCUT2D eigenvalue weighted by atomic mass is 9.96. The summed E-state index contributed by atoms with van der Waals surface area (Å²) < 4.78 is 26.2. The van der Waals surface area contributed by atoms with Gasteiger partial charge in [0, 0.05) is 33.6 Å². The lowest BCUT2D eigenvalue weighted by Gasteiger charge is -2.21. The standard InChI is InChI=1S/C27H25FN2O2S/c1-3-23(19-12-9-13-20(28)16-19)30-27(31)25-21-14-7-8-15-24(21)29-26(22(25)17-33(2)32)18-10-5-4-6-11-18/h4-16,23H,3,17H2,1-2H3,(H,30,31). The molecule has 0 bridgehead atoms. The highest BCUT2D eigenvalue weighted by atomic mass is 32.2. The average Bonchev–Trinajstić information content (AvgIpc) is 2.82. The predicted molar refractivity (Wildman–Crippen MR) is 132 cm³/mol. The van der Waals surface area contributed by atoms with Crippen molar-refractivity contribution in [2.45, 2.75) is 25.1 Å². The van der Waals surface area contributed by atoms with Gasteiger partial charge in [0.25, 0.3) is 5.91 Å². The van der Waals surface area contributed by atoms with Crippen molar-refractivity contribution in [2.24, 2.45) is 0 Å². The summed E-state index contributed by atoms with van der Waals surface area (Å²) in [5.41, 5.74) is 4.00. The fourth-order valence-electron chi connectivity index (χ4n) is 4.06. The number of nitrogens with zero attached hydrogens (tertiary/aromatic N) is 1. The van der Waals surface area contributed by atoms with Crippen LogP contribution in [-0.2, 0) is 16.6 Å². The van der Waals surface area contributed by atoms with Crippen molar-refractivity contribution >= 4 is 27.6 Å². The lowest BCUT2D eigenvalue weighted by molar-refractivity contribution is 0.0936. The molecule has 33 heavy (non-hydrogen) atoms. The van der Waals surface area contributed by atoms with Crippen molar-refractivity contribution < 1.29 is 13.4 Å². The summed E-state index contributed by atoms with van der Waals surface area (Å²) in [4.78, 5) is 18.6. The third kappa shape index (κ3) is 5.01. The predicted octanol–water partition coefficient (Wildman–Crippen LogP) is 5.80. The first-order chi connectivity index (χ1) is 16.0. The number of rotatable bonds is 7. The normalized spacial score (nSPS) is 12.9. The van der Waals surface area contributed by atoms with Crippen LogP contribution in [0.2, 0.25) is 0 Å². The van der Waals surface area contributed by atoms with Gasteiger partial charge in [0.2, 0.25) is 0 Å². The molecule has 4 aromatic rings. The Bertz CT molecular complexity index is 1320. The van der Waals surface area contributed by atoms with Gasteiger partial charge in [-0.3, -0.25) is 9.00 Å². The molecule has 1 N–H and O–H groups in total. The van der Waals surface area contributed by atoms with E-state index in [1.54, 1.807) is 18.4 Å². The van der Waals surface area contributed by atoms with Crippen LogP contribution in [0.15, 0.2) is 78.9 Å². The monoisotopic (exact) mass is 460 g/mol. The molecule has 0 aliphatic carbocycles. The Kier molecular flexibility index (Phi) is 6.94. The van der Waals surface area contributed by atoms with Gasteiger partial charge >= 0.3 is 0 Å². The number of benzene rings is 3. The van der Waals surface area contributed by atoms with E-state index in [-0.39, 0.29) is 23.5 Å². The van der Waals surface area contributed by atoms with Gasteiger partial charge in [-0.05, 0) is 30.2 Å². The topological polar surface area (TPSA) is 59.1 Å². The number of carbonyl (C=O) groups is 1. The SMILES string of the molecule is CCC(NC(=O)c1c(CS(C)=O)c(-c2ccccc2)nc2ccccc12)c1cccc(F)c1. The van der Waals surface area contributed by atoms with Gasteiger partial charge in [-0.1, -0.05) is 67.6 Å². The number of halogens is 1. The number of aromatic nitrogens is 1. The van der Waals surface area contributed by atoms with Crippen molar-refractivity contribution in [3.05, 3.63) is 101 Å². The number of amides is 1. The van der Waals surface area contributed by atoms with Crippen LogP contribution in [0, 0.1) is 5.82 Å². The van der Waals surface area contributed by atoms with Crippen LogP contribution in [0.5, 0.6) is 0 Å². The van der Waals surface area contributed by atoms with Gasteiger partial charge < -0.3 is 5.32 Å². The molecule has 0 aliphatic heterocycles. The van der Waals surface area contributed by atoms with E-state index in [2.05, 4.69) is 5.32 Å². The van der Waals surface area contributed by atoms with Gasteiger partial charge in [-0.2, -0.15) is 0 Å². The molecule has 0 fully saturated rings. The summed E-state index contributed by atoms with van der Waals surface area (Å²) >= 11 is 0. The van der Waals surface area contributed by atoms with Crippen LogP contribution in [0.25, 0.3) is 22.2 Å². The molecule has 3 aromatic carbocycles. The zero-order valence-corrected chi connectivity index (χ0v) is 19.4. The molecular weight excluding hydrogens is 435 g/mol. The molecule has 2 unspecified atom stereocenters. The Morgan fingerprint density at radius 1 is 1.03 bits per heavy atom. The van der Waals surface area contributed by atoms with Crippen LogP contribution in [0.3, 0.4) is 0 Å². The Morgan fingerprint density at radius 2 is 1.76 bits per heavy atom. The first-order valence-corrected chi connectivity index (χ1v) is 12.5. The summed E-state index contributed by atoms with van der Waals surface area (Å²) in [6.07, 6.45) is 2.21. The third-order valence-electron chi connectivity index (χ3n) is 5.58. The summed E-state index contributed by atoms with van der Waals surface area (Å²) in [6, 6.07) is 23.0. The van der Waals surface area contributed by atoms with E-state index < -0.39 is 10.8 Å². The molecule has 0 aliphatic rings. The first kappa shape index (κ1) is 22.8. The number of hydrogen-bond acceptors (Lipinski definition) is 3. The Hall–Kier alpha value is -3.38. The average molecular weight is 461 g/mol. The van der Waals surface area contributed by atoms with Crippen LogP contribution in [-0.4, -0.2) is 21.4 Å². The Morgan fingerprint density at radius 3 is 2.45 bits per heavy atom. The zero-order chi connectivity index (χ0) is 23.4. The fraction of sp³-hybridized carbons (Fsp3) is 0.185. The van der Waals surface area contributed by atoms with Crippen molar-refractivity contribution in [1.29, 1.82) is 0 Å². The summed E-state index contributed by atoms with van der Waals surface area (Å²) in [5, 5.41) is 3.78. The summed E-state index contributed by atoms with van der Waals surface area (Å²) in [7, 11) is -1.19. The van der Waals surface area contributed by atoms with E-state index in [0.717, 1.165) is 5.56 Å². The molecular formula is C27H25FN2O2S. The number of carbonyl (C=O) groups excluding carboxylic acids is 1. The van der Waals surface area contributed by atoms with E-state index >= 15 is 0 Å². The van der Waals surface area contributed by atoms with E-state index in [0.29, 0.717) is 39.7 Å². The van der Waals surface area contributed by atoms with E-state index in [9.17, 15) is 13.4 Å². The van der Waals surface area contributed by atoms with E-state index in [1.807, 2.05) is 61.5 Å². The molecule has 4 rings (SSSR count). The number of pyridine rings is 1. The second-order valence-electron chi connectivity index (χ2n) is 7.90. The molecule has 1 heterocycles. The summed E-state index contributed by atoms with van der Waals surface area (Å²) in [5.74, 6) is -0.438. The highest BCUT2D eigenvalue weighted by molar-refractivity contribution is 7.83. The van der Waals surface area contributed by atoms with Crippen molar-refractivity contribution in [2.75, 3.05) is 6.26 Å². The second-order valence-corrected chi connectivity index (χ2v) is 9.34. The molecule has 0 saturated heterocycles. The van der Waals surface area contributed by atoms with Crippen molar-refractivity contribution in [1.82, 2.24) is 10.3 Å². The van der Waals surface area contributed by atoms with Crippen molar-refractivity contribution in [3.63, 3.8) is 0 Å². The molecule has 0 saturated carbocycles. The highest BCUT2D eigenvalue weighted by Crippen LogP contribution is 2.32. The fourth-order valence-corrected chi connectivity index (χ4v) is 4.75. The van der Waals surface area contributed by atoms with Gasteiger partial charge in [0.15, 0.2) is 0 Å². The Labute approximate surface area is 195 Å². The van der Waals surface area contributed by atoms with Crippen molar-refractivity contribution in [3.8, 4) is 11.3 Å². The lowest BCUT2D eigenvalue weighted by Crippen LogP contribution is -2.29. The molecule has 0 radical (unpaired) electrons. The molecule has 2 atom stereocenters. The minimum absolute atomic E-state index is 0.196. The third-order valence-corrected chi connectivity index (χ3v) is 6.27. The maximum absolute atomic E-state index is 13.8. The quantitative estimate of drug-likeness (QED) is 0.379. The smallest absolute Gasteiger partial charge is 0.252 e. The van der Waals surface area contributed by atoms with Gasteiger partial charge in [-0.15, -0.1) is 0 Å². The van der Waals surface area contributed by atoms with Gasteiger partial charge in [-0.25, -0.2) is 9.37 Å². The largest absolute Gasteiger partial charge is 0.345 e. The minimum atomic E-state index is -1.19. The number of hydrogen-bond donors (Lipinski definition) is 1. The minimum Gasteiger partial charge on any atom is -0.345 e. The maximum Gasteiger partial charge on any atom is 0.252 e. The number of fused-ring (bicyclic) bond motifs is 1. The van der Waals surface area contributed by atoms with Crippen LogP contribution in [0.4, 0.5) is 4.39 Å². The van der Waals surface area contributed by atoms with Gasteiger partial charge in [0.05, 0.1) is 28.6 Å². The van der Waals surface area contributed by atoms with Gasteiger partial charge in [0.1, 0.15) is 5.82 Å². The molecule has 4 nitrogen and oxygen atoms in total. The van der Waals surface area contributed by atoms with Crippen LogP contribution in [0.1, 0.15) is 40.9 Å². The summed E-state index contributed by atoms with van der Waals surface area (Å²) in [6.45, 7) is 1.94. The number of para-hydroxylation sites is 1. The molecule has 1 aromatic heterocycles. The van der Waals surface area contributed by atoms with E-state index in [1.165, 1.54) is 12.1 Å². The molecule has 1 amide bonds. The second kappa shape index (κ2) is 10.0. The first-order valence-electron chi connectivity index (χ1n) is 10.8.